The van der Waals surface area contributed by atoms with Gasteiger partial charge in [-0.05, 0) is 339 Å². The van der Waals surface area contributed by atoms with Crippen LogP contribution in [-0.4, -0.2) is 15.8 Å². The number of rotatable bonds is 19. The smallest absolute Gasteiger partial charge is 0.252 e. The highest BCUT2D eigenvalue weighted by Crippen LogP contribution is 2.57. The predicted octanol–water partition coefficient (Wildman–Crippen LogP) is 36.1. The van der Waals surface area contributed by atoms with Crippen LogP contribution in [0.15, 0.2) is 243 Å². The summed E-state index contributed by atoms with van der Waals surface area (Å²) in [6.45, 7) is 66.6. The van der Waals surface area contributed by atoms with E-state index in [0.717, 1.165) is 91.6 Å². The van der Waals surface area contributed by atoms with Gasteiger partial charge in [-0.15, -0.1) is 0 Å². The van der Waals surface area contributed by atoms with Crippen LogP contribution in [0.5, 0.6) is 0 Å². The van der Waals surface area contributed by atoms with E-state index in [1.54, 1.807) is 0 Å². The standard InChI is InChI=1S/C133H161BN4/c1-123(2,3)74-85-38-34-42-96(58-85)102-66-93(82-131(25,26)27)67-103(97-43-35-39-86(59-97)75-124(4,5)6)121(102)137-116-72-100(135-112-54-46-89(78-127(13,14)15)62-106(112)107-63-90(47-55-113(107)135)79-128(16,17)18)50-52-110(116)134-111-53-51-101(136-114-56-48-91(80-129(19,20)21)64-108(114)109-65-92(49-57-115(109)136)81-130(22,23)24)73-117(111)138(119-71-95(84-133(31,32)33)70-118(137)120(119)134)122-104(98-44-36-40-87(60-98)76-125(7,8)9)68-94(83-132(28,29)30)69-105(122)99-45-37-41-88(61-99)77-126(10,11)12/h34-73H,74-84H2,1-33H3/i74D2,75D2,76D2,77D2,82D2,83D2,84D2. The van der Waals surface area contributed by atoms with E-state index < -0.39 is 89.2 Å². The monoisotopic (exact) mass is 1840 g/mol. The molecule has 716 valence electrons. The van der Waals surface area contributed by atoms with Gasteiger partial charge in [-0.3, -0.25) is 0 Å². The van der Waals surface area contributed by atoms with Crippen LogP contribution in [-0.2, 0) is 70.3 Å². The molecule has 0 fully saturated rings. The van der Waals surface area contributed by atoms with Gasteiger partial charge in [0.25, 0.3) is 6.71 Å². The van der Waals surface area contributed by atoms with E-state index in [0.29, 0.717) is 117 Å². The Bertz CT molecular complexity index is 7160. The fraction of sp³-hybridized carbons (Fsp3) is 0.414. The molecule has 2 aliphatic heterocycles. The van der Waals surface area contributed by atoms with Crippen molar-refractivity contribution in [2.75, 3.05) is 9.80 Å². The Balaban J connectivity index is 1.16. The average Bonchev–Trinajstić information content (AvgIpc) is 0.816. The van der Waals surface area contributed by atoms with Gasteiger partial charge in [-0.25, -0.2) is 0 Å². The van der Waals surface area contributed by atoms with Gasteiger partial charge in [0.2, 0.25) is 0 Å². The van der Waals surface area contributed by atoms with Crippen LogP contribution in [0.4, 0.5) is 34.1 Å². The molecule has 0 radical (unpaired) electrons. The number of hydrogen-bond donors (Lipinski definition) is 0. The molecule has 0 bridgehead atoms. The van der Waals surface area contributed by atoms with Crippen molar-refractivity contribution in [3.05, 3.63) is 304 Å². The SMILES string of the molecule is [2H]C([2H])(c1cccc(-c2cc(C([2H])([2H])C(C)(C)C)cc(-c3cccc(C([2H])([2H])C(C)(C)C)c3)c2N2c3cc(-n4c5ccc(CC(C)(C)C)cc5c5cc(CC(C)(C)C)ccc54)ccc3B3c4ccc(-n5c6ccc(CC(C)(C)C)cc6c6cc(CC(C)(C)C)ccc65)cc4N(c4c(-c5cccc(C([2H])([2H])C(C)(C)C)c5)cc(C([2H])([2H])C(C)(C)C)cc4-c4cccc(C([2H])([2H])C(C)(C)C)c4)c4cc(C([2H])([2H])C(C)(C)C)cc2c43)c1)C(C)(C)C. The summed E-state index contributed by atoms with van der Waals surface area (Å²) in [5.74, 6) is 0. The van der Waals surface area contributed by atoms with Crippen LogP contribution in [0.1, 0.15) is 309 Å². The largest absolute Gasteiger partial charge is 0.310 e. The van der Waals surface area contributed by atoms with Crippen molar-refractivity contribution in [2.45, 2.75) is 299 Å². The average molecular weight is 1840 g/mol. The first-order valence-electron chi connectivity index (χ1n) is 57.6. The lowest BCUT2D eigenvalue weighted by atomic mass is 9.33. The number of nitrogens with zero attached hydrogens (tertiary/aromatic N) is 4. The molecule has 17 rings (SSSR count). The maximum absolute atomic E-state index is 11.5. The van der Waals surface area contributed by atoms with Crippen LogP contribution in [0.2, 0.25) is 0 Å². The minimum Gasteiger partial charge on any atom is -0.310 e. The maximum atomic E-state index is 11.5. The first kappa shape index (κ1) is 81.9. The number of hydrogen-bond acceptors (Lipinski definition) is 2. The molecule has 0 aliphatic carbocycles. The van der Waals surface area contributed by atoms with Gasteiger partial charge in [0, 0.05) is 97.1 Å². The molecule has 0 saturated heterocycles. The summed E-state index contributed by atoms with van der Waals surface area (Å²) in [6.07, 6.45) is -11.1. The molecule has 13 aromatic carbocycles. The molecule has 0 spiro atoms. The zero-order valence-corrected chi connectivity index (χ0v) is 89.3. The van der Waals surface area contributed by atoms with Gasteiger partial charge >= 0.3 is 0 Å². The van der Waals surface area contributed by atoms with Crippen molar-refractivity contribution < 1.29 is 19.2 Å². The van der Waals surface area contributed by atoms with E-state index in [1.165, 1.54) is 22.3 Å². The predicted molar refractivity (Wildman–Crippen MR) is 606 cm³/mol. The van der Waals surface area contributed by atoms with Crippen LogP contribution >= 0.6 is 0 Å². The summed E-state index contributed by atoms with van der Waals surface area (Å²) < 4.78 is 153. The van der Waals surface area contributed by atoms with E-state index in [4.69, 9.17) is 0 Å². The summed E-state index contributed by atoms with van der Waals surface area (Å²) in [5.41, 5.74) is 15.3. The van der Waals surface area contributed by atoms with E-state index in [9.17, 15) is 19.2 Å². The summed E-state index contributed by atoms with van der Waals surface area (Å²) in [7, 11) is 0. The molecule has 138 heavy (non-hydrogen) atoms. The van der Waals surface area contributed by atoms with Crippen LogP contribution in [0, 0.1) is 59.6 Å². The van der Waals surface area contributed by atoms with Gasteiger partial charge in [-0.2, -0.15) is 0 Å². The van der Waals surface area contributed by atoms with Crippen molar-refractivity contribution in [1.82, 2.24) is 9.13 Å². The molecule has 0 unspecified atom stereocenters. The number of fused-ring (bicyclic) bond motifs is 10. The van der Waals surface area contributed by atoms with Crippen molar-refractivity contribution in [3.63, 3.8) is 0 Å². The van der Waals surface area contributed by atoms with Crippen molar-refractivity contribution in [2.24, 2.45) is 59.6 Å². The van der Waals surface area contributed by atoms with Gasteiger partial charge in [0.15, 0.2) is 0 Å². The van der Waals surface area contributed by atoms with Crippen molar-refractivity contribution >= 4 is 101 Å². The van der Waals surface area contributed by atoms with E-state index in [2.05, 4.69) is 223 Å². The quantitative estimate of drug-likeness (QED) is 0.0750. The lowest BCUT2D eigenvalue weighted by Crippen LogP contribution is -2.61. The van der Waals surface area contributed by atoms with Crippen molar-refractivity contribution in [1.29, 1.82) is 0 Å². The minimum atomic E-state index is -2.27. The fourth-order valence-corrected chi connectivity index (χ4v) is 21.3. The van der Waals surface area contributed by atoms with Crippen LogP contribution in [0.25, 0.3) is 99.5 Å². The fourth-order valence-electron chi connectivity index (χ4n) is 21.3. The number of anilines is 6. The molecular weight excluding hydrogens is 1660 g/mol. The molecular formula is C133H161BN4. The molecule has 4 heterocycles. The third-order valence-electron chi connectivity index (χ3n) is 25.3. The molecule has 2 aromatic heterocycles. The second-order valence-electron chi connectivity index (χ2n) is 52.3. The Labute approximate surface area is 852 Å². The lowest BCUT2D eigenvalue weighted by Gasteiger charge is -2.46. The highest BCUT2D eigenvalue weighted by atomic mass is 15.2. The van der Waals surface area contributed by atoms with Crippen LogP contribution in [0.3, 0.4) is 0 Å². The number of benzene rings is 13. The van der Waals surface area contributed by atoms with Gasteiger partial charge in [0.05, 0.1) is 33.4 Å². The Hall–Kier alpha value is -10.9. The highest BCUT2D eigenvalue weighted by Gasteiger charge is 2.47. The first-order valence-corrected chi connectivity index (χ1v) is 50.6. The number of aromatic nitrogens is 2. The molecule has 5 heteroatoms. The Morgan fingerprint density at radius 1 is 0.210 bits per heavy atom. The van der Waals surface area contributed by atoms with E-state index in [-0.39, 0.29) is 27.2 Å². The molecule has 0 amide bonds. The molecule has 4 nitrogen and oxygen atoms in total. The Morgan fingerprint density at radius 2 is 0.442 bits per heavy atom. The zero-order chi connectivity index (χ0) is 112. The van der Waals surface area contributed by atoms with Crippen molar-refractivity contribution in [3.8, 4) is 55.9 Å². The van der Waals surface area contributed by atoms with E-state index in [1.807, 2.05) is 267 Å². The minimum absolute atomic E-state index is 0.0569. The molecule has 0 N–H and O–H groups in total. The normalized spacial score (nSPS) is 16.1. The summed E-state index contributed by atoms with van der Waals surface area (Å²) in [5, 5.41) is 4.36. The van der Waals surface area contributed by atoms with Crippen LogP contribution < -0.4 is 26.2 Å². The molecule has 0 saturated carbocycles. The van der Waals surface area contributed by atoms with E-state index >= 15 is 0 Å². The molecule has 0 atom stereocenters. The highest BCUT2D eigenvalue weighted by molar-refractivity contribution is 7.00. The second kappa shape index (κ2) is 35.7. The third-order valence-corrected chi connectivity index (χ3v) is 25.3. The summed E-state index contributed by atoms with van der Waals surface area (Å²) in [4.78, 5) is 4.61. The van der Waals surface area contributed by atoms with Gasteiger partial charge in [0.1, 0.15) is 0 Å². The molecule has 15 aromatic rings. The first-order chi connectivity index (χ1) is 69.5. The zero-order valence-electron chi connectivity index (χ0n) is 103. The Morgan fingerprint density at radius 3 is 0.674 bits per heavy atom. The lowest BCUT2D eigenvalue weighted by molar-refractivity contribution is 0.410. The topological polar surface area (TPSA) is 16.3 Å². The maximum Gasteiger partial charge on any atom is 0.252 e. The second-order valence-corrected chi connectivity index (χ2v) is 52.3. The summed E-state index contributed by atoms with van der Waals surface area (Å²) >= 11 is 0. The summed E-state index contributed by atoms with van der Waals surface area (Å²) in [6, 6.07) is 84.0. The van der Waals surface area contributed by atoms with Gasteiger partial charge < -0.3 is 18.9 Å². The third kappa shape index (κ3) is 22.3. The van der Waals surface area contributed by atoms with Gasteiger partial charge in [-0.1, -0.05) is 362 Å². The Kier molecular flexibility index (Phi) is 21.2. The molecule has 2 aliphatic rings.